The highest BCUT2D eigenvalue weighted by atomic mass is 16.5. The van der Waals surface area contributed by atoms with Crippen molar-refractivity contribution in [3.05, 3.63) is 53.1 Å². The average Bonchev–Trinajstić information content (AvgIpc) is 2.95. The number of ether oxygens (including phenoxy) is 1. The third-order valence-corrected chi connectivity index (χ3v) is 10.1. The monoisotopic (exact) mass is 502 g/mol. The van der Waals surface area contributed by atoms with E-state index in [1.807, 2.05) is 0 Å². The summed E-state index contributed by atoms with van der Waals surface area (Å²) < 4.78 is 6.43. The number of benzene rings is 2. The molecule has 0 atom stereocenters. The zero-order chi connectivity index (χ0) is 26.2. The summed E-state index contributed by atoms with van der Waals surface area (Å²) in [5.41, 5.74) is 6.98. The van der Waals surface area contributed by atoms with Gasteiger partial charge >= 0.3 is 0 Å². The molecule has 37 heavy (non-hydrogen) atoms. The Morgan fingerprint density at radius 3 is 1.76 bits per heavy atom. The van der Waals surface area contributed by atoms with Gasteiger partial charge in [0.05, 0.1) is 6.61 Å². The van der Waals surface area contributed by atoms with Crippen molar-refractivity contribution in [2.45, 2.75) is 124 Å². The van der Waals surface area contributed by atoms with Crippen LogP contribution < -0.4 is 4.74 Å². The normalized spacial score (nSPS) is 24.4. The minimum atomic E-state index is 0.760. The van der Waals surface area contributed by atoms with Crippen LogP contribution in [-0.4, -0.2) is 6.61 Å². The third-order valence-electron chi connectivity index (χ3n) is 10.1. The maximum absolute atomic E-state index is 6.43. The molecule has 0 heterocycles. The van der Waals surface area contributed by atoms with Gasteiger partial charge in [0.1, 0.15) is 5.75 Å². The van der Waals surface area contributed by atoms with Gasteiger partial charge in [-0.05, 0) is 127 Å². The molecule has 2 aliphatic carbocycles. The van der Waals surface area contributed by atoms with Crippen molar-refractivity contribution in [1.29, 1.82) is 0 Å². The summed E-state index contributed by atoms with van der Waals surface area (Å²) in [5, 5.41) is 0. The van der Waals surface area contributed by atoms with E-state index in [2.05, 4.69) is 71.0 Å². The van der Waals surface area contributed by atoms with Crippen molar-refractivity contribution >= 4 is 0 Å². The van der Waals surface area contributed by atoms with E-state index >= 15 is 0 Å². The molecule has 0 aliphatic heterocycles. The first-order chi connectivity index (χ1) is 18.1. The van der Waals surface area contributed by atoms with Crippen LogP contribution in [0, 0.1) is 23.7 Å². The summed E-state index contributed by atoms with van der Waals surface area (Å²) in [5.74, 6) is 5.68. The predicted molar refractivity (Wildman–Crippen MR) is 161 cm³/mol. The van der Waals surface area contributed by atoms with Crippen LogP contribution in [0.2, 0.25) is 0 Å². The van der Waals surface area contributed by atoms with Gasteiger partial charge in [-0.3, -0.25) is 0 Å². The minimum Gasteiger partial charge on any atom is -0.493 e. The van der Waals surface area contributed by atoms with E-state index in [1.165, 1.54) is 86.5 Å². The van der Waals surface area contributed by atoms with E-state index in [1.54, 1.807) is 5.56 Å². The Kier molecular flexibility index (Phi) is 10.6. The quantitative estimate of drug-likeness (QED) is 0.297. The lowest BCUT2D eigenvalue weighted by atomic mass is 9.68. The second-order valence-electron chi connectivity index (χ2n) is 12.4. The number of rotatable bonds is 11. The van der Waals surface area contributed by atoms with Gasteiger partial charge in [-0.25, -0.2) is 0 Å². The fourth-order valence-electron chi connectivity index (χ4n) is 7.29. The van der Waals surface area contributed by atoms with E-state index in [-0.39, 0.29) is 0 Å². The number of hydrogen-bond donors (Lipinski definition) is 0. The van der Waals surface area contributed by atoms with E-state index in [9.17, 15) is 0 Å². The molecule has 2 fully saturated rings. The SMILES string of the molecule is CCc1cc(-c2ccc(C3CCC(C4CCC(C)CC4)CC3)cc2)cc(CC)c1OCCC(CC)CC. The van der Waals surface area contributed by atoms with Crippen molar-refractivity contribution in [3.63, 3.8) is 0 Å². The molecular weight excluding hydrogens is 448 g/mol. The first-order valence-corrected chi connectivity index (χ1v) is 15.9. The summed E-state index contributed by atoms with van der Waals surface area (Å²) in [4.78, 5) is 0. The van der Waals surface area contributed by atoms with Crippen LogP contribution in [0.15, 0.2) is 36.4 Å². The molecule has 0 N–H and O–H groups in total. The highest BCUT2D eigenvalue weighted by Gasteiger charge is 2.30. The van der Waals surface area contributed by atoms with Crippen LogP contribution in [0.1, 0.15) is 128 Å². The smallest absolute Gasteiger partial charge is 0.125 e. The Morgan fingerprint density at radius 1 is 0.703 bits per heavy atom. The molecule has 0 unspecified atom stereocenters. The molecule has 0 spiro atoms. The Balaban J connectivity index is 1.40. The fourth-order valence-corrected chi connectivity index (χ4v) is 7.29. The molecule has 2 aliphatic rings. The Hall–Kier alpha value is -1.76. The maximum Gasteiger partial charge on any atom is 0.125 e. The average molecular weight is 503 g/mol. The molecule has 1 heteroatoms. The zero-order valence-corrected chi connectivity index (χ0v) is 24.7. The molecule has 204 valence electrons. The van der Waals surface area contributed by atoms with Crippen LogP contribution in [0.5, 0.6) is 5.75 Å². The molecule has 2 aromatic carbocycles. The highest BCUT2D eigenvalue weighted by molar-refractivity contribution is 5.68. The van der Waals surface area contributed by atoms with E-state index in [0.717, 1.165) is 61.2 Å². The summed E-state index contributed by atoms with van der Waals surface area (Å²) in [6.07, 6.45) is 17.3. The van der Waals surface area contributed by atoms with Gasteiger partial charge in [-0.2, -0.15) is 0 Å². The number of aryl methyl sites for hydroxylation is 2. The summed E-state index contributed by atoms with van der Waals surface area (Å²) >= 11 is 0. The van der Waals surface area contributed by atoms with Gasteiger partial charge in [-0.1, -0.05) is 84.6 Å². The van der Waals surface area contributed by atoms with E-state index in [4.69, 9.17) is 4.74 Å². The molecule has 4 rings (SSSR count). The predicted octanol–water partition coefficient (Wildman–Crippen LogP) is 10.8. The molecule has 2 saturated carbocycles. The molecule has 2 aromatic rings. The minimum absolute atomic E-state index is 0.760. The lowest BCUT2D eigenvalue weighted by Gasteiger charge is -2.37. The number of hydrogen-bond acceptors (Lipinski definition) is 1. The summed E-state index contributed by atoms with van der Waals surface area (Å²) in [7, 11) is 0. The largest absolute Gasteiger partial charge is 0.493 e. The fraction of sp³-hybridized carbons (Fsp3) is 0.667. The van der Waals surface area contributed by atoms with Crippen molar-refractivity contribution in [3.8, 4) is 16.9 Å². The van der Waals surface area contributed by atoms with Crippen LogP contribution in [0.25, 0.3) is 11.1 Å². The molecular formula is C36H54O. The van der Waals surface area contributed by atoms with Gasteiger partial charge in [-0.15, -0.1) is 0 Å². The molecule has 0 radical (unpaired) electrons. The van der Waals surface area contributed by atoms with E-state index < -0.39 is 0 Å². The summed E-state index contributed by atoms with van der Waals surface area (Å²) in [6, 6.07) is 14.4. The van der Waals surface area contributed by atoms with Gasteiger partial charge in [0.15, 0.2) is 0 Å². The lowest BCUT2D eigenvalue weighted by molar-refractivity contribution is 0.165. The highest BCUT2D eigenvalue weighted by Crippen LogP contribution is 2.44. The van der Waals surface area contributed by atoms with Gasteiger partial charge in [0, 0.05) is 0 Å². The van der Waals surface area contributed by atoms with E-state index in [0.29, 0.717) is 0 Å². The second-order valence-corrected chi connectivity index (χ2v) is 12.4. The van der Waals surface area contributed by atoms with Crippen LogP contribution in [-0.2, 0) is 12.8 Å². The van der Waals surface area contributed by atoms with Gasteiger partial charge in [0.25, 0.3) is 0 Å². The van der Waals surface area contributed by atoms with Crippen LogP contribution in [0.3, 0.4) is 0 Å². The second kappa shape index (κ2) is 13.9. The Bertz CT molecular complexity index is 912. The first-order valence-electron chi connectivity index (χ1n) is 15.9. The van der Waals surface area contributed by atoms with Crippen LogP contribution >= 0.6 is 0 Å². The standard InChI is InChI=1S/C36H54O/c1-6-27(7-2)22-23-37-36-28(8-3)24-35(25-29(36)9-4)34-20-18-33(19-21-34)32-16-14-31(15-17-32)30-12-10-26(5)11-13-30/h18-21,24-27,30-32H,6-17,22-23H2,1-5H3. The van der Waals surface area contributed by atoms with Crippen molar-refractivity contribution in [2.24, 2.45) is 23.7 Å². The maximum atomic E-state index is 6.43. The first kappa shape index (κ1) is 28.3. The molecule has 1 nitrogen and oxygen atoms in total. The molecule has 0 saturated heterocycles. The lowest BCUT2D eigenvalue weighted by Crippen LogP contribution is -2.24. The molecule has 0 amide bonds. The zero-order valence-electron chi connectivity index (χ0n) is 24.7. The van der Waals surface area contributed by atoms with Crippen molar-refractivity contribution in [1.82, 2.24) is 0 Å². The Labute approximate surface area is 228 Å². The van der Waals surface area contributed by atoms with Crippen molar-refractivity contribution in [2.75, 3.05) is 6.61 Å². The Morgan fingerprint density at radius 2 is 1.24 bits per heavy atom. The van der Waals surface area contributed by atoms with Gasteiger partial charge in [0.2, 0.25) is 0 Å². The van der Waals surface area contributed by atoms with Crippen LogP contribution in [0.4, 0.5) is 0 Å². The summed E-state index contributed by atoms with van der Waals surface area (Å²) in [6.45, 7) is 12.4. The molecule has 0 bridgehead atoms. The van der Waals surface area contributed by atoms with Gasteiger partial charge < -0.3 is 4.74 Å². The topological polar surface area (TPSA) is 9.23 Å². The molecule has 0 aromatic heterocycles. The third kappa shape index (κ3) is 7.21. The van der Waals surface area contributed by atoms with Crippen molar-refractivity contribution < 1.29 is 4.74 Å².